The molecule has 0 fully saturated rings. The third kappa shape index (κ3) is 3.31. The number of hydrogen-bond acceptors (Lipinski definition) is 3. The van der Waals surface area contributed by atoms with E-state index < -0.39 is 0 Å². The third-order valence-electron chi connectivity index (χ3n) is 3.55. The van der Waals surface area contributed by atoms with E-state index in [2.05, 4.69) is 60.4 Å². The Morgan fingerprint density at radius 2 is 2.00 bits per heavy atom. The first kappa shape index (κ1) is 14.2. The summed E-state index contributed by atoms with van der Waals surface area (Å²) in [4.78, 5) is 1.25. The van der Waals surface area contributed by atoms with E-state index in [0.717, 1.165) is 11.4 Å². The van der Waals surface area contributed by atoms with Crippen LogP contribution in [-0.4, -0.2) is 12.4 Å². The van der Waals surface area contributed by atoms with Gasteiger partial charge in [0.15, 0.2) is 0 Å². The molecule has 0 amide bonds. The summed E-state index contributed by atoms with van der Waals surface area (Å²) in [6.45, 7) is 5.20. The van der Waals surface area contributed by atoms with Crippen LogP contribution >= 0.6 is 11.8 Å². The minimum atomic E-state index is 0.209. The van der Waals surface area contributed by atoms with Crippen LogP contribution in [0.2, 0.25) is 0 Å². The van der Waals surface area contributed by atoms with E-state index in [-0.39, 0.29) is 6.04 Å². The molecule has 1 atom stereocenters. The van der Waals surface area contributed by atoms with Gasteiger partial charge in [-0.15, -0.1) is 18.3 Å². The van der Waals surface area contributed by atoms with Gasteiger partial charge >= 0.3 is 0 Å². The lowest BCUT2D eigenvalue weighted by atomic mass is 9.99. The van der Waals surface area contributed by atoms with Gasteiger partial charge in [0.1, 0.15) is 0 Å². The molecule has 0 radical (unpaired) electrons. The molecule has 1 aliphatic heterocycles. The van der Waals surface area contributed by atoms with E-state index >= 15 is 0 Å². The Bertz CT molecular complexity index is 626. The number of ether oxygens (including phenoxy) is 1. The van der Waals surface area contributed by atoms with Gasteiger partial charge in [0.05, 0.1) is 19.3 Å². The number of hydrogen-bond donors (Lipinski definition) is 1. The third-order valence-corrected chi connectivity index (χ3v) is 4.62. The number of nitrogens with one attached hydrogen (secondary N) is 1. The number of rotatable bonds is 5. The molecule has 2 aromatic carbocycles. The van der Waals surface area contributed by atoms with Crippen molar-refractivity contribution in [3.05, 3.63) is 72.3 Å². The number of thioether (sulfide) groups is 1. The maximum atomic E-state index is 5.72. The molecule has 108 valence electrons. The predicted molar refractivity (Wildman–Crippen MR) is 89.8 cm³/mol. The molecule has 2 nitrogen and oxygen atoms in total. The molecule has 3 heteroatoms. The Morgan fingerprint density at radius 3 is 2.90 bits per heavy atom. The minimum absolute atomic E-state index is 0.209. The maximum absolute atomic E-state index is 5.72. The summed E-state index contributed by atoms with van der Waals surface area (Å²) in [5, 5.41) is 3.63. The van der Waals surface area contributed by atoms with Crippen molar-refractivity contribution in [3.63, 3.8) is 0 Å². The molecule has 1 unspecified atom stereocenters. The summed E-state index contributed by atoms with van der Waals surface area (Å²) in [5.74, 6) is 0.913. The van der Waals surface area contributed by atoms with Crippen LogP contribution in [0.25, 0.3) is 0 Å². The predicted octanol–water partition coefficient (Wildman–Crippen LogP) is 4.65. The van der Waals surface area contributed by atoms with Crippen molar-refractivity contribution in [2.45, 2.75) is 17.5 Å². The number of benzene rings is 2. The first-order valence-corrected chi connectivity index (χ1v) is 8.12. The first-order valence-electron chi connectivity index (χ1n) is 7.13. The van der Waals surface area contributed by atoms with Gasteiger partial charge in [-0.05, 0) is 23.3 Å². The molecule has 3 rings (SSSR count). The molecule has 1 N–H and O–H groups in total. The fourth-order valence-electron chi connectivity index (χ4n) is 2.55. The molecular weight excluding hydrogens is 278 g/mol. The zero-order chi connectivity index (χ0) is 14.5. The lowest BCUT2D eigenvalue weighted by Gasteiger charge is -2.28. The number of anilines is 1. The summed E-state index contributed by atoms with van der Waals surface area (Å²) in [5.41, 5.74) is 3.78. The number of para-hydroxylation sites is 1. The fourth-order valence-corrected chi connectivity index (χ4v) is 3.30. The molecule has 0 saturated heterocycles. The van der Waals surface area contributed by atoms with E-state index in [1.165, 1.54) is 16.0 Å². The second-order valence-electron chi connectivity index (χ2n) is 5.01. The molecule has 1 aliphatic rings. The Morgan fingerprint density at radius 1 is 1.19 bits per heavy atom. The zero-order valence-corrected chi connectivity index (χ0v) is 12.7. The molecule has 0 bridgehead atoms. The van der Waals surface area contributed by atoms with Crippen molar-refractivity contribution in [1.29, 1.82) is 0 Å². The molecule has 0 aliphatic carbocycles. The second kappa shape index (κ2) is 6.83. The van der Waals surface area contributed by atoms with Gasteiger partial charge in [-0.3, -0.25) is 0 Å². The van der Waals surface area contributed by atoms with Gasteiger partial charge in [0, 0.05) is 16.3 Å². The second-order valence-corrected chi connectivity index (χ2v) is 6.07. The van der Waals surface area contributed by atoms with Gasteiger partial charge in [-0.1, -0.05) is 42.5 Å². The van der Waals surface area contributed by atoms with E-state index in [1.54, 1.807) is 11.8 Å². The van der Waals surface area contributed by atoms with E-state index in [1.807, 2.05) is 6.08 Å². The van der Waals surface area contributed by atoms with Crippen LogP contribution in [0.4, 0.5) is 5.69 Å². The summed E-state index contributed by atoms with van der Waals surface area (Å²) in [7, 11) is 0. The van der Waals surface area contributed by atoms with Crippen molar-refractivity contribution in [2.24, 2.45) is 0 Å². The SMILES string of the molecule is C=CCSc1ccccc1NC1COCc2ccccc21. The average molecular weight is 297 g/mol. The monoisotopic (exact) mass is 297 g/mol. The molecule has 1 heterocycles. The average Bonchev–Trinajstić information content (AvgIpc) is 2.54. The molecular formula is C18H19NOS. The lowest BCUT2D eigenvalue weighted by Crippen LogP contribution is -2.23. The van der Waals surface area contributed by atoms with Crippen molar-refractivity contribution in [2.75, 3.05) is 17.7 Å². The summed E-state index contributed by atoms with van der Waals surface area (Å²) in [6, 6.07) is 17.1. The number of fused-ring (bicyclic) bond motifs is 1. The van der Waals surface area contributed by atoms with Gasteiger partial charge in [0.2, 0.25) is 0 Å². The van der Waals surface area contributed by atoms with Gasteiger partial charge < -0.3 is 10.1 Å². The van der Waals surface area contributed by atoms with Crippen LogP contribution in [0.5, 0.6) is 0 Å². The van der Waals surface area contributed by atoms with Crippen LogP contribution in [-0.2, 0) is 11.3 Å². The summed E-state index contributed by atoms with van der Waals surface area (Å²) in [6.07, 6.45) is 1.93. The lowest BCUT2D eigenvalue weighted by molar-refractivity contribution is 0.0969. The first-order chi connectivity index (χ1) is 10.4. The fraction of sp³-hybridized carbons (Fsp3) is 0.222. The molecule has 0 aromatic heterocycles. The van der Waals surface area contributed by atoms with Gasteiger partial charge in [-0.25, -0.2) is 0 Å². The van der Waals surface area contributed by atoms with Gasteiger partial charge in [-0.2, -0.15) is 0 Å². The van der Waals surface area contributed by atoms with Crippen molar-refractivity contribution in [1.82, 2.24) is 0 Å². The van der Waals surface area contributed by atoms with Crippen LogP contribution < -0.4 is 5.32 Å². The zero-order valence-electron chi connectivity index (χ0n) is 11.9. The van der Waals surface area contributed by atoms with Crippen LogP contribution in [0.3, 0.4) is 0 Å². The van der Waals surface area contributed by atoms with Crippen molar-refractivity contribution < 1.29 is 4.74 Å². The van der Waals surface area contributed by atoms with Crippen LogP contribution in [0, 0.1) is 0 Å². The Kier molecular flexibility index (Phi) is 4.63. The Hall–Kier alpha value is -1.71. The van der Waals surface area contributed by atoms with Gasteiger partial charge in [0.25, 0.3) is 0 Å². The van der Waals surface area contributed by atoms with E-state index in [4.69, 9.17) is 4.74 Å². The smallest absolute Gasteiger partial charge is 0.0751 e. The van der Waals surface area contributed by atoms with E-state index in [0.29, 0.717) is 13.2 Å². The van der Waals surface area contributed by atoms with Crippen LogP contribution in [0.1, 0.15) is 17.2 Å². The standard InChI is InChI=1S/C18H19NOS/c1-2-11-21-18-10-6-5-9-16(18)19-17-13-20-12-14-7-3-4-8-15(14)17/h2-10,17,19H,1,11-13H2. The Balaban J connectivity index is 1.83. The van der Waals surface area contributed by atoms with E-state index in [9.17, 15) is 0 Å². The quantitative estimate of drug-likeness (QED) is 0.641. The highest BCUT2D eigenvalue weighted by Gasteiger charge is 2.20. The Labute approximate surface area is 130 Å². The topological polar surface area (TPSA) is 21.3 Å². The maximum Gasteiger partial charge on any atom is 0.0751 e. The summed E-state index contributed by atoms with van der Waals surface area (Å²) < 4.78 is 5.72. The highest BCUT2D eigenvalue weighted by atomic mass is 32.2. The minimum Gasteiger partial charge on any atom is -0.375 e. The molecule has 21 heavy (non-hydrogen) atoms. The largest absolute Gasteiger partial charge is 0.375 e. The van der Waals surface area contributed by atoms with Crippen molar-refractivity contribution >= 4 is 17.4 Å². The highest BCUT2D eigenvalue weighted by Crippen LogP contribution is 2.32. The molecule has 2 aromatic rings. The van der Waals surface area contributed by atoms with Crippen LogP contribution in [0.15, 0.2) is 66.1 Å². The normalized spacial score (nSPS) is 17.0. The highest BCUT2D eigenvalue weighted by molar-refractivity contribution is 7.99. The molecule has 0 saturated carbocycles. The van der Waals surface area contributed by atoms with Crippen molar-refractivity contribution in [3.8, 4) is 0 Å². The summed E-state index contributed by atoms with van der Waals surface area (Å²) >= 11 is 1.80. The molecule has 0 spiro atoms.